The average Bonchev–Trinajstić information content (AvgIpc) is 2.64. The molecule has 0 spiro atoms. The van der Waals surface area contributed by atoms with E-state index in [0.29, 0.717) is 12.3 Å². The van der Waals surface area contributed by atoms with Gasteiger partial charge in [-0.05, 0) is 43.4 Å². The average molecular weight is 344 g/mol. The van der Waals surface area contributed by atoms with Gasteiger partial charge in [-0.1, -0.05) is 31.4 Å². The van der Waals surface area contributed by atoms with Crippen LogP contribution < -0.4 is 5.32 Å². The van der Waals surface area contributed by atoms with Crippen molar-refractivity contribution >= 4 is 11.8 Å². The number of piperidine rings is 1. The van der Waals surface area contributed by atoms with Crippen molar-refractivity contribution in [1.29, 1.82) is 0 Å². The van der Waals surface area contributed by atoms with E-state index < -0.39 is 0 Å². The molecule has 1 heterocycles. The maximum absolute atomic E-state index is 12.6. The number of benzene rings is 1. The summed E-state index contributed by atoms with van der Waals surface area (Å²) >= 11 is 0. The highest BCUT2D eigenvalue weighted by Gasteiger charge is 2.29. The van der Waals surface area contributed by atoms with Gasteiger partial charge in [0.25, 0.3) is 0 Å². The van der Waals surface area contributed by atoms with Crippen LogP contribution in [-0.2, 0) is 16.0 Å². The van der Waals surface area contributed by atoms with Gasteiger partial charge >= 0.3 is 0 Å². The van der Waals surface area contributed by atoms with Crippen LogP contribution in [0.3, 0.4) is 0 Å². The minimum Gasteiger partial charge on any atom is -0.508 e. The summed E-state index contributed by atoms with van der Waals surface area (Å²) in [6.07, 6.45) is 7.70. The summed E-state index contributed by atoms with van der Waals surface area (Å²) < 4.78 is 0. The van der Waals surface area contributed by atoms with Crippen molar-refractivity contribution in [2.24, 2.45) is 5.92 Å². The highest BCUT2D eigenvalue weighted by molar-refractivity contribution is 5.80. The normalized spacial score (nSPS) is 19.6. The predicted molar refractivity (Wildman–Crippen MR) is 96.1 cm³/mol. The molecule has 2 fully saturated rings. The molecule has 1 aliphatic heterocycles. The Labute approximate surface area is 149 Å². The van der Waals surface area contributed by atoms with Crippen LogP contribution in [0, 0.1) is 5.92 Å². The molecule has 0 bridgehead atoms. The number of likely N-dealkylation sites (tertiary alicyclic amines) is 1. The predicted octanol–water partition coefficient (Wildman–Crippen LogP) is 2.62. The molecule has 5 nitrogen and oxygen atoms in total. The number of carbonyl (C=O) groups is 2. The van der Waals surface area contributed by atoms with Crippen molar-refractivity contribution in [2.75, 3.05) is 13.1 Å². The van der Waals surface area contributed by atoms with Crippen molar-refractivity contribution in [2.45, 2.75) is 57.4 Å². The maximum atomic E-state index is 12.6. The monoisotopic (exact) mass is 344 g/mol. The number of hydrogen-bond donors (Lipinski definition) is 2. The summed E-state index contributed by atoms with van der Waals surface area (Å²) in [5.41, 5.74) is 0.889. The number of nitrogens with zero attached hydrogens (tertiary/aromatic N) is 1. The second kappa shape index (κ2) is 8.37. The zero-order valence-electron chi connectivity index (χ0n) is 14.7. The van der Waals surface area contributed by atoms with E-state index in [-0.39, 0.29) is 23.6 Å². The number of amides is 2. The summed E-state index contributed by atoms with van der Waals surface area (Å²) in [5, 5.41) is 12.4. The molecular weight excluding hydrogens is 316 g/mol. The van der Waals surface area contributed by atoms with Crippen LogP contribution in [0.15, 0.2) is 24.3 Å². The molecule has 0 radical (unpaired) electrons. The fraction of sp³-hybridized carbons (Fsp3) is 0.600. The molecule has 3 rings (SSSR count). The Bertz CT molecular complexity index is 585. The van der Waals surface area contributed by atoms with Crippen LogP contribution in [0.25, 0.3) is 0 Å². The fourth-order valence-corrected chi connectivity index (χ4v) is 3.93. The molecule has 25 heavy (non-hydrogen) atoms. The van der Waals surface area contributed by atoms with Gasteiger partial charge in [-0.25, -0.2) is 0 Å². The van der Waals surface area contributed by atoms with Crippen molar-refractivity contribution < 1.29 is 14.7 Å². The molecular formula is C20H28N2O3. The van der Waals surface area contributed by atoms with Gasteiger partial charge in [0.2, 0.25) is 11.8 Å². The summed E-state index contributed by atoms with van der Waals surface area (Å²) in [6.45, 7) is 1.50. The number of phenols is 1. The molecule has 1 aromatic carbocycles. The Kier molecular flexibility index (Phi) is 5.95. The van der Waals surface area contributed by atoms with Gasteiger partial charge in [-0.3, -0.25) is 9.59 Å². The lowest BCUT2D eigenvalue weighted by atomic mass is 9.87. The van der Waals surface area contributed by atoms with E-state index >= 15 is 0 Å². The van der Waals surface area contributed by atoms with E-state index in [2.05, 4.69) is 5.32 Å². The Hall–Kier alpha value is -2.04. The second-order valence-electron chi connectivity index (χ2n) is 7.35. The van der Waals surface area contributed by atoms with Gasteiger partial charge in [-0.15, -0.1) is 0 Å². The first-order valence-electron chi connectivity index (χ1n) is 9.48. The highest BCUT2D eigenvalue weighted by Crippen LogP contribution is 2.26. The van der Waals surface area contributed by atoms with E-state index in [9.17, 15) is 14.7 Å². The quantitative estimate of drug-likeness (QED) is 0.882. The van der Waals surface area contributed by atoms with E-state index in [1.165, 1.54) is 19.3 Å². The number of aromatic hydroxyl groups is 1. The van der Waals surface area contributed by atoms with Crippen molar-refractivity contribution in [1.82, 2.24) is 10.2 Å². The van der Waals surface area contributed by atoms with Crippen LogP contribution in [0.5, 0.6) is 5.75 Å². The fourth-order valence-electron chi connectivity index (χ4n) is 3.93. The molecule has 0 unspecified atom stereocenters. The third kappa shape index (κ3) is 4.97. The Morgan fingerprint density at radius 3 is 2.28 bits per heavy atom. The zero-order chi connectivity index (χ0) is 17.6. The molecule has 2 amide bonds. The minimum atomic E-state index is 0.00254. The molecule has 2 N–H and O–H groups in total. The van der Waals surface area contributed by atoms with Crippen LogP contribution in [0.4, 0.5) is 0 Å². The highest BCUT2D eigenvalue weighted by atomic mass is 16.3. The first kappa shape index (κ1) is 17.8. The van der Waals surface area contributed by atoms with Crippen LogP contribution in [0.1, 0.15) is 50.5 Å². The number of carbonyl (C=O) groups excluding carboxylic acids is 2. The summed E-state index contributed by atoms with van der Waals surface area (Å²) in [6, 6.07) is 6.87. The zero-order valence-corrected chi connectivity index (χ0v) is 14.7. The van der Waals surface area contributed by atoms with Crippen LogP contribution in [0.2, 0.25) is 0 Å². The standard InChI is InChI=1S/C20H28N2O3/c23-18-8-6-15(7-9-18)14-19(24)21-17-10-12-22(13-11-17)20(25)16-4-2-1-3-5-16/h6-9,16-17,23H,1-5,10-14H2,(H,21,24). The molecule has 1 aliphatic carbocycles. The van der Waals surface area contributed by atoms with Crippen molar-refractivity contribution in [3.63, 3.8) is 0 Å². The van der Waals surface area contributed by atoms with Gasteiger partial charge in [0.15, 0.2) is 0 Å². The summed E-state index contributed by atoms with van der Waals surface area (Å²) in [4.78, 5) is 26.7. The van der Waals surface area contributed by atoms with Gasteiger partial charge in [-0.2, -0.15) is 0 Å². The number of hydrogen-bond acceptors (Lipinski definition) is 3. The lowest BCUT2D eigenvalue weighted by Gasteiger charge is -2.35. The molecule has 1 aromatic rings. The van der Waals surface area contributed by atoms with E-state index in [4.69, 9.17) is 0 Å². The Balaban J connectivity index is 1.41. The molecule has 136 valence electrons. The van der Waals surface area contributed by atoms with Gasteiger partial charge in [0.1, 0.15) is 5.75 Å². The summed E-state index contributed by atoms with van der Waals surface area (Å²) in [5.74, 6) is 0.768. The van der Waals surface area contributed by atoms with Gasteiger partial charge < -0.3 is 15.3 Å². The largest absolute Gasteiger partial charge is 0.508 e. The van der Waals surface area contributed by atoms with Crippen molar-refractivity contribution in [3.05, 3.63) is 29.8 Å². The van der Waals surface area contributed by atoms with Crippen LogP contribution in [-0.4, -0.2) is 41.0 Å². The lowest BCUT2D eigenvalue weighted by Crippen LogP contribution is -2.48. The lowest BCUT2D eigenvalue weighted by molar-refractivity contribution is -0.137. The minimum absolute atomic E-state index is 0.00254. The molecule has 2 aliphatic rings. The Morgan fingerprint density at radius 2 is 1.64 bits per heavy atom. The van der Waals surface area contributed by atoms with E-state index in [1.807, 2.05) is 4.90 Å². The second-order valence-corrected chi connectivity index (χ2v) is 7.35. The molecule has 5 heteroatoms. The molecule has 0 aromatic heterocycles. The molecule has 1 saturated carbocycles. The topological polar surface area (TPSA) is 69.6 Å². The Morgan fingerprint density at radius 1 is 1.00 bits per heavy atom. The first-order chi connectivity index (χ1) is 12.1. The van der Waals surface area contributed by atoms with E-state index in [0.717, 1.165) is 44.3 Å². The third-order valence-electron chi connectivity index (χ3n) is 5.43. The SMILES string of the molecule is O=C(Cc1ccc(O)cc1)NC1CCN(C(=O)C2CCCCC2)CC1. The summed E-state index contributed by atoms with van der Waals surface area (Å²) in [7, 11) is 0. The van der Waals surface area contributed by atoms with Crippen molar-refractivity contribution in [3.8, 4) is 5.75 Å². The third-order valence-corrected chi connectivity index (χ3v) is 5.43. The first-order valence-corrected chi connectivity index (χ1v) is 9.48. The van der Waals surface area contributed by atoms with Crippen LogP contribution >= 0.6 is 0 Å². The number of phenolic OH excluding ortho intramolecular Hbond substituents is 1. The smallest absolute Gasteiger partial charge is 0.225 e. The van der Waals surface area contributed by atoms with E-state index in [1.54, 1.807) is 24.3 Å². The molecule has 1 saturated heterocycles. The van der Waals surface area contributed by atoms with Gasteiger partial charge in [0, 0.05) is 25.0 Å². The number of nitrogens with one attached hydrogen (secondary N) is 1. The number of rotatable bonds is 4. The van der Waals surface area contributed by atoms with Gasteiger partial charge in [0.05, 0.1) is 6.42 Å². The molecule has 0 atom stereocenters. The maximum Gasteiger partial charge on any atom is 0.225 e.